The van der Waals surface area contributed by atoms with Crippen LogP contribution in [0.3, 0.4) is 0 Å². The second-order valence-electron chi connectivity index (χ2n) is 10.8. The second-order valence-corrected chi connectivity index (χ2v) is 12.6. The van der Waals surface area contributed by atoms with Gasteiger partial charge in [0.15, 0.2) is 16.7 Å². The Labute approximate surface area is 279 Å². The molecule has 6 rings (SSSR count). The molecule has 46 heavy (non-hydrogen) atoms. The van der Waals surface area contributed by atoms with E-state index < -0.39 is 0 Å². The Hall–Kier alpha value is -4.68. The summed E-state index contributed by atoms with van der Waals surface area (Å²) >= 11 is 4.77. The Kier molecular flexibility index (Phi) is 9.36. The van der Waals surface area contributed by atoms with Crippen LogP contribution in [0.5, 0.6) is 5.75 Å². The van der Waals surface area contributed by atoms with Crippen molar-refractivity contribution in [3.8, 4) is 11.4 Å². The van der Waals surface area contributed by atoms with Gasteiger partial charge in [-0.25, -0.2) is 5.01 Å². The number of furan rings is 1. The topological polar surface area (TPSA) is 115 Å². The van der Waals surface area contributed by atoms with E-state index in [9.17, 15) is 9.59 Å². The van der Waals surface area contributed by atoms with Crippen LogP contribution in [-0.4, -0.2) is 50.2 Å². The zero-order valence-electron chi connectivity index (χ0n) is 25.4. The molecule has 3 heterocycles. The minimum absolute atomic E-state index is 0.0749. The fraction of sp³-hybridized carbons (Fsp3) is 0.206. The van der Waals surface area contributed by atoms with Gasteiger partial charge in [0.05, 0.1) is 43.1 Å². The highest BCUT2D eigenvalue weighted by molar-refractivity contribution is 9.10. The summed E-state index contributed by atoms with van der Waals surface area (Å²) < 4.78 is 13.4. The van der Waals surface area contributed by atoms with E-state index in [1.165, 1.54) is 18.0 Å². The third kappa shape index (κ3) is 6.77. The minimum atomic E-state index is -0.358. The number of rotatable bonds is 10. The number of carbonyl (C=O) groups is 2. The molecule has 3 aromatic carbocycles. The SMILES string of the molecule is COc1ccc(C2CC(c3ccc(Br)cc3)=NN2C(=O)CSc2nnc(CNC(=O)c3ccco3)n2-c2cc(C)ccc2C)cc1. The Balaban J connectivity index is 1.27. The number of carbonyl (C=O) groups excluding carboxylic acids is 2. The lowest BCUT2D eigenvalue weighted by atomic mass is 9.98. The fourth-order valence-electron chi connectivity index (χ4n) is 5.20. The predicted octanol–water partition coefficient (Wildman–Crippen LogP) is 6.65. The van der Waals surface area contributed by atoms with Gasteiger partial charge >= 0.3 is 0 Å². The van der Waals surface area contributed by atoms with Gasteiger partial charge in [-0.1, -0.05) is 64.1 Å². The van der Waals surface area contributed by atoms with Gasteiger partial charge in [0, 0.05) is 10.9 Å². The maximum atomic E-state index is 13.9. The van der Waals surface area contributed by atoms with Crippen LogP contribution in [0.2, 0.25) is 0 Å². The first-order valence-corrected chi connectivity index (χ1v) is 16.3. The molecule has 234 valence electrons. The molecule has 2 amide bonds. The number of amides is 2. The van der Waals surface area contributed by atoms with Crippen LogP contribution in [0.1, 0.15) is 51.1 Å². The highest BCUT2D eigenvalue weighted by atomic mass is 79.9. The molecule has 0 radical (unpaired) electrons. The molecule has 12 heteroatoms. The van der Waals surface area contributed by atoms with Crippen LogP contribution in [0.4, 0.5) is 0 Å². The van der Waals surface area contributed by atoms with Crippen LogP contribution in [0, 0.1) is 13.8 Å². The zero-order valence-corrected chi connectivity index (χ0v) is 27.8. The molecule has 2 aromatic heterocycles. The molecule has 0 aliphatic carbocycles. The molecule has 1 aliphatic heterocycles. The van der Waals surface area contributed by atoms with Gasteiger partial charge in [0.25, 0.3) is 11.8 Å². The summed E-state index contributed by atoms with van der Waals surface area (Å²) in [6.07, 6.45) is 2.02. The predicted molar refractivity (Wildman–Crippen MR) is 179 cm³/mol. The third-order valence-electron chi connectivity index (χ3n) is 7.63. The van der Waals surface area contributed by atoms with Crippen molar-refractivity contribution in [2.24, 2.45) is 5.10 Å². The van der Waals surface area contributed by atoms with Gasteiger partial charge < -0.3 is 14.5 Å². The summed E-state index contributed by atoms with van der Waals surface area (Å²) in [5.74, 6) is 1.02. The van der Waals surface area contributed by atoms with E-state index in [4.69, 9.17) is 14.3 Å². The summed E-state index contributed by atoms with van der Waals surface area (Å²) in [4.78, 5) is 26.5. The molecular formula is C34H31BrN6O4S. The van der Waals surface area contributed by atoms with Gasteiger partial charge in [-0.15, -0.1) is 10.2 Å². The number of hydrogen-bond acceptors (Lipinski definition) is 8. The van der Waals surface area contributed by atoms with Crippen molar-refractivity contribution in [1.82, 2.24) is 25.1 Å². The van der Waals surface area contributed by atoms with Crippen molar-refractivity contribution < 1.29 is 18.7 Å². The summed E-state index contributed by atoms with van der Waals surface area (Å²) in [5.41, 5.74) is 5.68. The van der Waals surface area contributed by atoms with Crippen LogP contribution in [-0.2, 0) is 11.3 Å². The van der Waals surface area contributed by atoms with E-state index in [-0.39, 0.29) is 35.9 Å². The molecule has 1 N–H and O–H groups in total. The van der Waals surface area contributed by atoms with Gasteiger partial charge in [0.2, 0.25) is 0 Å². The number of aromatic nitrogens is 3. The van der Waals surface area contributed by atoms with Crippen molar-refractivity contribution in [2.45, 2.75) is 38.0 Å². The van der Waals surface area contributed by atoms with E-state index in [2.05, 4.69) is 31.4 Å². The maximum absolute atomic E-state index is 13.9. The van der Waals surface area contributed by atoms with Crippen LogP contribution < -0.4 is 10.1 Å². The third-order valence-corrected chi connectivity index (χ3v) is 9.07. The number of hydrogen-bond donors (Lipinski definition) is 1. The smallest absolute Gasteiger partial charge is 0.287 e. The lowest BCUT2D eigenvalue weighted by Gasteiger charge is -2.22. The van der Waals surface area contributed by atoms with E-state index >= 15 is 0 Å². The van der Waals surface area contributed by atoms with Gasteiger partial charge in [-0.2, -0.15) is 5.10 Å². The largest absolute Gasteiger partial charge is 0.497 e. The van der Waals surface area contributed by atoms with Crippen molar-refractivity contribution >= 4 is 45.2 Å². The molecule has 0 saturated carbocycles. The van der Waals surface area contributed by atoms with E-state index in [1.807, 2.05) is 85.1 Å². The van der Waals surface area contributed by atoms with Crippen molar-refractivity contribution in [3.05, 3.63) is 123 Å². The molecule has 1 atom stereocenters. The van der Waals surface area contributed by atoms with E-state index in [0.717, 1.165) is 43.9 Å². The Morgan fingerprint density at radius 3 is 2.54 bits per heavy atom. The molecule has 0 saturated heterocycles. The first-order chi connectivity index (χ1) is 22.3. The summed E-state index contributed by atoms with van der Waals surface area (Å²) in [6, 6.07) is 24.7. The van der Waals surface area contributed by atoms with Crippen LogP contribution >= 0.6 is 27.7 Å². The lowest BCUT2D eigenvalue weighted by Crippen LogP contribution is -2.28. The molecule has 10 nitrogen and oxygen atoms in total. The number of thioether (sulfide) groups is 1. The van der Waals surface area contributed by atoms with Crippen molar-refractivity contribution in [2.75, 3.05) is 12.9 Å². The number of aryl methyl sites for hydroxylation is 2. The highest BCUT2D eigenvalue weighted by Gasteiger charge is 2.33. The van der Waals surface area contributed by atoms with Crippen molar-refractivity contribution in [3.63, 3.8) is 0 Å². The van der Waals surface area contributed by atoms with Crippen LogP contribution in [0.25, 0.3) is 5.69 Å². The molecular weight excluding hydrogens is 668 g/mol. The molecule has 0 bridgehead atoms. The molecule has 0 fully saturated rings. The molecule has 5 aromatic rings. The molecule has 1 aliphatic rings. The Morgan fingerprint density at radius 1 is 1.04 bits per heavy atom. The number of methoxy groups -OCH3 is 1. The zero-order chi connectivity index (χ0) is 32.2. The second kappa shape index (κ2) is 13.8. The normalized spacial score (nSPS) is 14.3. The summed E-state index contributed by atoms with van der Waals surface area (Å²) in [7, 11) is 1.63. The Bertz CT molecular complexity index is 1890. The van der Waals surface area contributed by atoms with Gasteiger partial charge in [-0.3, -0.25) is 14.2 Å². The molecule has 1 unspecified atom stereocenters. The maximum Gasteiger partial charge on any atom is 0.287 e. The fourth-order valence-corrected chi connectivity index (χ4v) is 6.28. The summed E-state index contributed by atoms with van der Waals surface area (Å²) in [5, 5.41) is 18.6. The number of halogens is 1. The van der Waals surface area contributed by atoms with E-state index in [1.54, 1.807) is 24.3 Å². The minimum Gasteiger partial charge on any atom is -0.497 e. The summed E-state index contributed by atoms with van der Waals surface area (Å²) in [6.45, 7) is 4.12. The number of ether oxygens (including phenoxy) is 1. The lowest BCUT2D eigenvalue weighted by molar-refractivity contribution is -0.130. The number of benzene rings is 3. The van der Waals surface area contributed by atoms with Crippen molar-refractivity contribution in [1.29, 1.82) is 0 Å². The number of nitrogens with one attached hydrogen (secondary N) is 1. The first-order valence-electron chi connectivity index (χ1n) is 14.6. The molecule has 0 spiro atoms. The monoisotopic (exact) mass is 698 g/mol. The van der Waals surface area contributed by atoms with E-state index in [0.29, 0.717) is 17.4 Å². The average Bonchev–Trinajstić information content (AvgIpc) is 3.85. The van der Waals surface area contributed by atoms with Crippen LogP contribution in [0.15, 0.2) is 104 Å². The number of hydrazone groups is 1. The number of nitrogens with zero attached hydrogens (tertiary/aromatic N) is 5. The first kappa shape index (κ1) is 31.3. The highest BCUT2D eigenvalue weighted by Crippen LogP contribution is 2.35. The average molecular weight is 700 g/mol. The van der Waals surface area contributed by atoms with Gasteiger partial charge in [0.1, 0.15) is 5.75 Å². The standard InChI is InChI=1S/C34H31BrN6O4S/c1-21-6-7-22(2)28(17-21)40-31(19-36-33(43)30-5-4-16-45-30)37-38-34(40)46-20-32(42)41-29(24-10-14-26(44-3)15-11-24)18-27(39-41)23-8-12-25(35)13-9-23/h4-17,29H,18-20H2,1-3H3,(H,36,43). The quantitative estimate of drug-likeness (QED) is 0.163. The Morgan fingerprint density at radius 2 is 1.83 bits per heavy atom. The van der Waals surface area contributed by atoms with Gasteiger partial charge in [-0.05, 0) is 78.6 Å².